The summed E-state index contributed by atoms with van der Waals surface area (Å²) in [5.74, 6) is -0.721. The Morgan fingerprint density at radius 1 is 1.34 bits per heavy atom. The number of nitrogens with zero attached hydrogens (tertiary/aromatic N) is 2. The smallest absolute Gasteiger partial charge is 0.253 e. The number of nitrogens with one attached hydrogen (secondary N) is 2. The molecule has 6 heteroatoms. The van der Waals surface area contributed by atoms with Crippen molar-refractivity contribution in [3.8, 4) is 6.07 Å². The van der Waals surface area contributed by atoms with E-state index < -0.39 is 11.9 Å². The van der Waals surface area contributed by atoms with Gasteiger partial charge < -0.3 is 10.6 Å². The fourth-order valence-corrected chi connectivity index (χ4v) is 3.52. The molecule has 1 aliphatic carbocycles. The highest BCUT2D eigenvalue weighted by Gasteiger charge is 2.23. The van der Waals surface area contributed by atoms with Crippen LogP contribution >= 0.6 is 0 Å². The van der Waals surface area contributed by atoms with Gasteiger partial charge in [0.2, 0.25) is 5.91 Å². The van der Waals surface area contributed by atoms with Crippen molar-refractivity contribution >= 4 is 28.3 Å². The molecule has 2 amide bonds. The van der Waals surface area contributed by atoms with E-state index in [1.54, 1.807) is 6.07 Å². The zero-order valence-electron chi connectivity index (χ0n) is 17.1. The number of benzene rings is 1. The van der Waals surface area contributed by atoms with Gasteiger partial charge in [-0.15, -0.1) is 0 Å². The summed E-state index contributed by atoms with van der Waals surface area (Å²) in [6, 6.07) is 8.82. The summed E-state index contributed by atoms with van der Waals surface area (Å²) in [5.41, 5.74) is 3.98. The van der Waals surface area contributed by atoms with Crippen molar-refractivity contribution < 1.29 is 9.59 Å². The number of amides is 2. The van der Waals surface area contributed by atoms with Crippen molar-refractivity contribution in [2.45, 2.75) is 45.6 Å². The van der Waals surface area contributed by atoms with E-state index in [-0.39, 0.29) is 12.3 Å². The third-order valence-corrected chi connectivity index (χ3v) is 5.42. The number of rotatable bonds is 5. The van der Waals surface area contributed by atoms with Crippen molar-refractivity contribution in [1.82, 2.24) is 15.6 Å². The molecule has 6 nitrogen and oxygen atoms in total. The number of hydrogen-bond acceptors (Lipinski definition) is 4. The highest BCUT2D eigenvalue weighted by molar-refractivity contribution is 5.99. The van der Waals surface area contributed by atoms with Crippen LogP contribution in [0.5, 0.6) is 0 Å². The summed E-state index contributed by atoms with van der Waals surface area (Å²) in [5, 5.41) is 15.1. The van der Waals surface area contributed by atoms with Gasteiger partial charge in [0.25, 0.3) is 5.91 Å². The van der Waals surface area contributed by atoms with Gasteiger partial charge in [0.05, 0.1) is 23.6 Å². The van der Waals surface area contributed by atoms with Crippen LogP contribution in [0.3, 0.4) is 0 Å². The summed E-state index contributed by atoms with van der Waals surface area (Å²) in [6.45, 7) is 4.57. The SMILES string of the molecule is CNC(=O)CC(C#N)NC(=O)c1cnc2c(C3=CCC(C)(C)CC3)cccc2c1. The Morgan fingerprint density at radius 3 is 2.79 bits per heavy atom. The first-order valence-electron chi connectivity index (χ1n) is 9.82. The van der Waals surface area contributed by atoms with Gasteiger partial charge in [-0.25, -0.2) is 0 Å². The van der Waals surface area contributed by atoms with Crippen LogP contribution in [-0.4, -0.2) is 29.9 Å². The maximum absolute atomic E-state index is 12.5. The van der Waals surface area contributed by atoms with Gasteiger partial charge in [-0.2, -0.15) is 5.26 Å². The Labute approximate surface area is 171 Å². The Kier molecular flexibility index (Phi) is 5.97. The molecule has 1 aliphatic rings. The summed E-state index contributed by atoms with van der Waals surface area (Å²) in [6.07, 6.45) is 6.93. The van der Waals surface area contributed by atoms with Gasteiger partial charge in [0.15, 0.2) is 0 Å². The lowest BCUT2D eigenvalue weighted by molar-refractivity contribution is -0.120. The van der Waals surface area contributed by atoms with Crippen LogP contribution in [0.1, 0.15) is 55.5 Å². The monoisotopic (exact) mass is 390 g/mol. The first kappa shape index (κ1) is 20.5. The largest absolute Gasteiger partial charge is 0.359 e. The standard InChI is InChI=1S/C23H26N4O2/c1-23(2)9-7-15(8-10-23)19-6-4-5-16-11-17(14-26-21(16)19)22(29)27-18(13-24)12-20(28)25-3/h4-7,11,14,18H,8-10,12H2,1-3H3,(H,25,28)(H,27,29). The number of carbonyl (C=O) groups excluding carboxylic acids is 2. The van der Waals surface area contributed by atoms with Crippen LogP contribution in [0.25, 0.3) is 16.5 Å². The molecule has 1 atom stereocenters. The Bertz CT molecular complexity index is 1020. The van der Waals surface area contributed by atoms with E-state index in [9.17, 15) is 14.9 Å². The molecule has 0 spiro atoms. The number of carbonyl (C=O) groups is 2. The number of allylic oxidation sites excluding steroid dienone is 2. The second kappa shape index (κ2) is 8.44. The molecule has 0 aliphatic heterocycles. The van der Waals surface area contributed by atoms with Gasteiger partial charge in [-0.1, -0.05) is 38.1 Å². The fraction of sp³-hybridized carbons (Fsp3) is 0.391. The van der Waals surface area contributed by atoms with Gasteiger partial charge >= 0.3 is 0 Å². The van der Waals surface area contributed by atoms with Crippen LogP contribution in [-0.2, 0) is 4.79 Å². The number of pyridine rings is 1. The van der Waals surface area contributed by atoms with E-state index in [0.717, 1.165) is 35.7 Å². The van der Waals surface area contributed by atoms with E-state index in [1.807, 2.05) is 18.2 Å². The molecule has 1 unspecified atom stereocenters. The molecule has 150 valence electrons. The first-order chi connectivity index (χ1) is 13.8. The van der Waals surface area contributed by atoms with Crippen molar-refractivity contribution in [2.75, 3.05) is 7.05 Å². The zero-order valence-corrected chi connectivity index (χ0v) is 17.1. The minimum Gasteiger partial charge on any atom is -0.359 e. The maximum atomic E-state index is 12.5. The summed E-state index contributed by atoms with van der Waals surface area (Å²) < 4.78 is 0. The third kappa shape index (κ3) is 4.80. The zero-order chi connectivity index (χ0) is 21.0. The van der Waals surface area contributed by atoms with E-state index in [4.69, 9.17) is 0 Å². The van der Waals surface area contributed by atoms with Crippen LogP contribution < -0.4 is 10.6 Å². The molecule has 0 bridgehead atoms. The third-order valence-electron chi connectivity index (χ3n) is 5.42. The van der Waals surface area contributed by atoms with Gasteiger partial charge in [-0.05, 0) is 36.3 Å². The fourth-order valence-electron chi connectivity index (χ4n) is 3.52. The molecular formula is C23H26N4O2. The van der Waals surface area contributed by atoms with Crippen molar-refractivity contribution in [3.63, 3.8) is 0 Å². The van der Waals surface area contributed by atoms with Gasteiger partial charge in [0.1, 0.15) is 6.04 Å². The number of fused-ring (bicyclic) bond motifs is 1. The minimum atomic E-state index is -0.889. The van der Waals surface area contributed by atoms with Crippen LogP contribution in [0.15, 0.2) is 36.5 Å². The molecule has 0 fully saturated rings. The number of hydrogen-bond donors (Lipinski definition) is 2. The molecule has 1 aromatic heterocycles. The molecule has 0 radical (unpaired) electrons. The summed E-state index contributed by atoms with van der Waals surface area (Å²) >= 11 is 0. The second-order valence-corrected chi connectivity index (χ2v) is 8.23. The Hall–Kier alpha value is -3.20. The number of para-hydroxylation sites is 1. The minimum absolute atomic E-state index is 0.0889. The highest BCUT2D eigenvalue weighted by Crippen LogP contribution is 2.39. The maximum Gasteiger partial charge on any atom is 0.253 e. The van der Waals surface area contributed by atoms with Crippen LogP contribution in [0, 0.1) is 16.7 Å². The van der Waals surface area contributed by atoms with Crippen molar-refractivity contribution in [3.05, 3.63) is 47.7 Å². The Balaban J connectivity index is 1.84. The molecule has 0 saturated heterocycles. The molecule has 1 heterocycles. The molecule has 29 heavy (non-hydrogen) atoms. The van der Waals surface area contributed by atoms with E-state index in [1.165, 1.54) is 18.8 Å². The quantitative estimate of drug-likeness (QED) is 0.816. The highest BCUT2D eigenvalue weighted by atomic mass is 16.2. The van der Waals surface area contributed by atoms with E-state index in [0.29, 0.717) is 11.0 Å². The molecule has 1 aromatic carbocycles. The van der Waals surface area contributed by atoms with Gasteiger partial charge in [0, 0.05) is 24.2 Å². The predicted molar refractivity (Wildman–Crippen MR) is 113 cm³/mol. The lowest BCUT2D eigenvalue weighted by Crippen LogP contribution is -2.37. The van der Waals surface area contributed by atoms with Crippen molar-refractivity contribution in [1.29, 1.82) is 5.26 Å². The van der Waals surface area contributed by atoms with E-state index >= 15 is 0 Å². The topological polar surface area (TPSA) is 94.9 Å². The second-order valence-electron chi connectivity index (χ2n) is 8.23. The Morgan fingerprint density at radius 2 is 2.14 bits per heavy atom. The molecule has 0 saturated carbocycles. The normalized spacial score (nSPS) is 16.4. The van der Waals surface area contributed by atoms with Gasteiger partial charge in [-0.3, -0.25) is 14.6 Å². The summed E-state index contributed by atoms with van der Waals surface area (Å²) in [4.78, 5) is 28.6. The number of nitriles is 1. The van der Waals surface area contributed by atoms with Crippen LogP contribution in [0.2, 0.25) is 0 Å². The molecule has 2 aromatic rings. The average Bonchev–Trinajstić information content (AvgIpc) is 2.72. The average molecular weight is 390 g/mol. The number of aromatic nitrogens is 1. The molecule has 3 rings (SSSR count). The molecule has 2 N–H and O–H groups in total. The predicted octanol–water partition coefficient (Wildman–Crippen LogP) is 3.59. The summed E-state index contributed by atoms with van der Waals surface area (Å²) in [7, 11) is 1.49. The molecular weight excluding hydrogens is 364 g/mol. The lowest BCUT2D eigenvalue weighted by Gasteiger charge is -2.29. The van der Waals surface area contributed by atoms with Crippen LogP contribution in [0.4, 0.5) is 0 Å². The van der Waals surface area contributed by atoms with E-state index in [2.05, 4.69) is 41.6 Å². The van der Waals surface area contributed by atoms with Crippen molar-refractivity contribution in [2.24, 2.45) is 5.41 Å². The first-order valence-corrected chi connectivity index (χ1v) is 9.82. The lowest BCUT2D eigenvalue weighted by atomic mass is 9.77.